The summed E-state index contributed by atoms with van der Waals surface area (Å²) in [6.07, 6.45) is 3.34. The van der Waals surface area contributed by atoms with Crippen LogP contribution in [0.1, 0.15) is 32.4 Å². The van der Waals surface area contributed by atoms with Gasteiger partial charge in [-0.25, -0.2) is 0 Å². The van der Waals surface area contributed by atoms with E-state index in [4.69, 9.17) is 10.8 Å². The minimum atomic E-state index is -0.922. The summed E-state index contributed by atoms with van der Waals surface area (Å²) in [6, 6.07) is 5.23. The van der Waals surface area contributed by atoms with Crippen molar-refractivity contribution in [2.24, 2.45) is 5.73 Å². The summed E-state index contributed by atoms with van der Waals surface area (Å²) >= 11 is 1.75. The molecule has 0 saturated heterocycles. The van der Waals surface area contributed by atoms with Crippen molar-refractivity contribution in [3.05, 3.63) is 30.1 Å². The van der Waals surface area contributed by atoms with Gasteiger partial charge in [-0.05, 0) is 36.5 Å². The van der Waals surface area contributed by atoms with Gasteiger partial charge in [-0.15, -0.1) is 0 Å². The average Bonchev–Trinajstić information content (AvgIpc) is 2.39. The van der Waals surface area contributed by atoms with Gasteiger partial charge in [-0.3, -0.25) is 9.78 Å². The Morgan fingerprint density at radius 3 is 2.79 bits per heavy atom. The standard InChI is InChI=1S/C14H22N2O2S/c1-14(2,12-5-3-4-8-16-12)7-10-19-9-6-11(15)13(17)18/h3-5,8,11H,6-7,9-10,15H2,1-2H3,(H,17,18). The van der Waals surface area contributed by atoms with Crippen molar-refractivity contribution in [2.75, 3.05) is 11.5 Å². The Hall–Kier alpha value is -1.07. The lowest BCUT2D eigenvalue weighted by Crippen LogP contribution is -2.30. The Labute approximate surface area is 118 Å². The van der Waals surface area contributed by atoms with Crippen molar-refractivity contribution in [3.63, 3.8) is 0 Å². The lowest BCUT2D eigenvalue weighted by molar-refractivity contribution is -0.138. The van der Waals surface area contributed by atoms with Gasteiger partial charge in [0.15, 0.2) is 0 Å². The van der Waals surface area contributed by atoms with Gasteiger partial charge in [-0.1, -0.05) is 19.9 Å². The molecule has 5 heteroatoms. The van der Waals surface area contributed by atoms with Gasteiger partial charge >= 0.3 is 5.97 Å². The molecular formula is C14H22N2O2S. The Morgan fingerprint density at radius 1 is 1.47 bits per heavy atom. The molecule has 1 heterocycles. The molecule has 0 bridgehead atoms. The second-order valence-corrected chi connectivity index (χ2v) is 6.42. The monoisotopic (exact) mass is 282 g/mol. The predicted molar refractivity (Wildman–Crippen MR) is 79.4 cm³/mol. The van der Waals surface area contributed by atoms with E-state index < -0.39 is 12.0 Å². The highest BCUT2D eigenvalue weighted by Gasteiger charge is 2.21. The molecule has 0 radical (unpaired) electrons. The number of nitrogens with two attached hydrogens (primary N) is 1. The van der Waals surface area contributed by atoms with Crippen LogP contribution in [0.3, 0.4) is 0 Å². The maximum absolute atomic E-state index is 10.6. The van der Waals surface area contributed by atoms with Crippen LogP contribution in [-0.4, -0.2) is 33.6 Å². The fourth-order valence-corrected chi connectivity index (χ4v) is 2.93. The lowest BCUT2D eigenvalue weighted by Gasteiger charge is -2.23. The first-order chi connectivity index (χ1) is 8.93. The summed E-state index contributed by atoms with van der Waals surface area (Å²) in [6.45, 7) is 4.36. The first-order valence-corrected chi connectivity index (χ1v) is 7.56. The summed E-state index contributed by atoms with van der Waals surface area (Å²) in [4.78, 5) is 15.0. The van der Waals surface area contributed by atoms with Gasteiger partial charge in [0.25, 0.3) is 0 Å². The molecule has 0 aliphatic heterocycles. The molecule has 19 heavy (non-hydrogen) atoms. The molecule has 4 nitrogen and oxygen atoms in total. The fourth-order valence-electron chi connectivity index (χ4n) is 1.65. The number of carboxylic acids is 1. The van der Waals surface area contributed by atoms with E-state index in [2.05, 4.69) is 18.8 Å². The molecule has 1 rings (SSSR count). The summed E-state index contributed by atoms with van der Waals surface area (Å²) in [5.74, 6) is 0.844. The topological polar surface area (TPSA) is 76.2 Å². The first kappa shape index (κ1) is 16.0. The summed E-state index contributed by atoms with van der Waals surface area (Å²) in [7, 11) is 0. The number of thioether (sulfide) groups is 1. The molecule has 0 saturated carbocycles. The van der Waals surface area contributed by atoms with E-state index in [1.54, 1.807) is 11.8 Å². The fraction of sp³-hybridized carbons (Fsp3) is 0.571. The molecular weight excluding hydrogens is 260 g/mol. The molecule has 1 aromatic heterocycles. The van der Waals surface area contributed by atoms with Gasteiger partial charge in [0.1, 0.15) is 6.04 Å². The van der Waals surface area contributed by atoms with Crippen LogP contribution in [0.4, 0.5) is 0 Å². The highest BCUT2D eigenvalue weighted by molar-refractivity contribution is 7.99. The van der Waals surface area contributed by atoms with Crippen LogP contribution in [-0.2, 0) is 10.2 Å². The minimum Gasteiger partial charge on any atom is -0.480 e. The number of aliphatic carboxylic acids is 1. The Balaban J connectivity index is 2.27. The third-order valence-electron chi connectivity index (χ3n) is 3.12. The maximum Gasteiger partial charge on any atom is 0.320 e. The third kappa shape index (κ3) is 5.61. The smallest absolute Gasteiger partial charge is 0.320 e. The van der Waals surface area contributed by atoms with E-state index >= 15 is 0 Å². The molecule has 0 spiro atoms. The second kappa shape index (κ2) is 7.50. The third-order valence-corrected chi connectivity index (χ3v) is 4.14. The molecule has 106 valence electrons. The van der Waals surface area contributed by atoms with Crippen molar-refractivity contribution in [2.45, 2.75) is 38.1 Å². The average molecular weight is 282 g/mol. The number of pyridine rings is 1. The molecule has 1 unspecified atom stereocenters. The van der Waals surface area contributed by atoms with E-state index in [9.17, 15) is 4.79 Å². The Bertz CT molecular complexity index is 396. The first-order valence-electron chi connectivity index (χ1n) is 6.41. The molecule has 1 aromatic rings. The van der Waals surface area contributed by atoms with Crippen LogP contribution in [0.5, 0.6) is 0 Å². The number of carboxylic acid groups (broad SMARTS) is 1. The van der Waals surface area contributed by atoms with E-state index in [-0.39, 0.29) is 5.41 Å². The van der Waals surface area contributed by atoms with Gasteiger partial charge in [0.05, 0.1) is 0 Å². The maximum atomic E-state index is 10.6. The quantitative estimate of drug-likeness (QED) is 0.715. The van der Waals surface area contributed by atoms with Crippen molar-refractivity contribution in [3.8, 4) is 0 Å². The summed E-state index contributed by atoms with van der Waals surface area (Å²) in [5.41, 5.74) is 6.59. The van der Waals surface area contributed by atoms with Gasteiger partial charge in [0.2, 0.25) is 0 Å². The highest BCUT2D eigenvalue weighted by Crippen LogP contribution is 2.26. The predicted octanol–water partition coefficient (Wildman–Crippen LogP) is 2.28. The molecule has 0 aromatic carbocycles. The molecule has 1 atom stereocenters. The molecule has 0 fully saturated rings. The number of hydrogen-bond acceptors (Lipinski definition) is 4. The summed E-state index contributed by atoms with van der Waals surface area (Å²) < 4.78 is 0. The van der Waals surface area contributed by atoms with Crippen LogP contribution in [0.2, 0.25) is 0 Å². The van der Waals surface area contributed by atoms with Crippen molar-refractivity contribution in [1.82, 2.24) is 4.98 Å². The van der Waals surface area contributed by atoms with Crippen LogP contribution in [0.15, 0.2) is 24.4 Å². The normalized spacial score (nSPS) is 13.2. The Kier molecular flexibility index (Phi) is 6.31. The van der Waals surface area contributed by atoms with E-state index in [1.165, 1.54) is 0 Å². The number of nitrogens with zero attached hydrogens (tertiary/aromatic N) is 1. The molecule has 0 amide bonds. The minimum absolute atomic E-state index is 0.0448. The van der Waals surface area contributed by atoms with Gasteiger partial charge in [-0.2, -0.15) is 11.8 Å². The van der Waals surface area contributed by atoms with Crippen molar-refractivity contribution in [1.29, 1.82) is 0 Å². The zero-order chi connectivity index (χ0) is 14.3. The van der Waals surface area contributed by atoms with Crippen LogP contribution < -0.4 is 5.73 Å². The SMILES string of the molecule is CC(C)(CCSCCC(N)C(=O)O)c1ccccn1. The number of hydrogen-bond donors (Lipinski definition) is 2. The lowest BCUT2D eigenvalue weighted by atomic mass is 9.86. The van der Waals surface area contributed by atoms with Crippen LogP contribution >= 0.6 is 11.8 Å². The van der Waals surface area contributed by atoms with E-state index in [0.29, 0.717) is 6.42 Å². The molecule has 0 aliphatic rings. The Morgan fingerprint density at radius 2 is 2.21 bits per heavy atom. The van der Waals surface area contributed by atoms with Gasteiger partial charge < -0.3 is 10.8 Å². The number of rotatable bonds is 8. The number of carbonyl (C=O) groups is 1. The van der Waals surface area contributed by atoms with Crippen molar-refractivity contribution >= 4 is 17.7 Å². The van der Waals surface area contributed by atoms with Crippen LogP contribution in [0, 0.1) is 0 Å². The van der Waals surface area contributed by atoms with Gasteiger partial charge in [0, 0.05) is 17.3 Å². The largest absolute Gasteiger partial charge is 0.480 e. The van der Waals surface area contributed by atoms with Crippen molar-refractivity contribution < 1.29 is 9.90 Å². The second-order valence-electron chi connectivity index (χ2n) is 5.19. The molecule has 0 aliphatic carbocycles. The summed E-state index contributed by atoms with van der Waals surface area (Å²) in [5, 5.41) is 8.67. The highest BCUT2D eigenvalue weighted by atomic mass is 32.2. The zero-order valence-electron chi connectivity index (χ0n) is 11.5. The zero-order valence-corrected chi connectivity index (χ0v) is 12.3. The van der Waals surface area contributed by atoms with E-state index in [0.717, 1.165) is 23.6 Å². The van der Waals surface area contributed by atoms with Crippen LogP contribution in [0.25, 0.3) is 0 Å². The van der Waals surface area contributed by atoms with E-state index in [1.807, 2.05) is 24.4 Å². The molecule has 3 N–H and O–H groups in total. The number of aromatic nitrogens is 1.